The fraction of sp³-hybridized carbons (Fsp3) is 0.500. The van der Waals surface area contributed by atoms with Gasteiger partial charge in [-0.05, 0) is 30.5 Å². The summed E-state index contributed by atoms with van der Waals surface area (Å²) < 4.78 is 6.17. The van der Waals surface area contributed by atoms with Gasteiger partial charge in [0, 0.05) is 36.3 Å². The fourth-order valence-corrected chi connectivity index (χ4v) is 4.45. The number of ether oxygens (including phenoxy) is 1. The summed E-state index contributed by atoms with van der Waals surface area (Å²) in [5, 5.41) is 4.16. The number of amidine groups is 1. The van der Waals surface area contributed by atoms with E-state index in [0.29, 0.717) is 22.9 Å². The lowest BCUT2D eigenvalue weighted by Crippen LogP contribution is -2.49. The second kappa shape index (κ2) is 4.85. The van der Waals surface area contributed by atoms with Crippen LogP contribution in [0, 0.1) is 5.92 Å². The maximum absolute atomic E-state index is 6.17. The third kappa shape index (κ3) is 1.98. The van der Waals surface area contributed by atoms with Crippen molar-refractivity contribution in [3.63, 3.8) is 0 Å². The molecule has 0 saturated carbocycles. The number of nitrogens with zero attached hydrogens (tertiary/aromatic N) is 3. The first kappa shape index (κ1) is 13.6. The predicted octanol–water partition coefficient (Wildman–Crippen LogP) is 1.16. The molecule has 0 radical (unpaired) electrons. The molecule has 5 rings (SSSR count). The van der Waals surface area contributed by atoms with Gasteiger partial charge in [-0.3, -0.25) is 0 Å². The van der Waals surface area contributed by atoms with Crippen LogP contribution in [-0.2, 0) is 0 Å². The first-order chi connectivity index (χ1) is 11.2. The minimum Gasteiger partial charge on any atom is -0.479 e. The molecule has 4 unspecified atom stereocenters. The smallest absolute Gasteiger partial charge is 0.217 e. The number of halogens is 1. The minimum atomic E-state index is -0.199. The van der Waals surface area contributed by atoms with E-state index in [1.807, 2.05) is 18.2 Å². The highest BCUT2D eigenvalue weighted by molar-refractivity contribution is 6.30. The molecule has 4 heterocycles. The van der Waals surface area contributed by atoms with Crippen LogP contribution >= 0.6 is 11.6 Å². The molecule has 6 nitrogen and oxygen atoms in total. The van der Waals surface area contributed by atoms with Gasteiger partial charge in [0.25, 0.3) is 0 Å². The van der Waals surface area contributed by atoms with Crippen molar-refractivity contribution < 1.29 is 4.74 Å². The number of guanidine groups is 1. The average molecular weight is 332 g/mol. The van der Waals surface area contributed by atoms with Crippen LogP contribution in [0.3, 0.4) is 0 Å². The summed E-state index contributed by atoms with van der Waals surface area (Å²) in [5.74, 6) is 2.77. The van der Waals surface area contributed by atoms with Gasteiger partial charge in [-0.2, -0.15) is 4.99 Å². The van der Waals surface area contributed by atoms with E-state index in [0.717, 1.165) is 36.8 Å². The SMILES string of the molecule is NC1=NC2c3cc(Cl)ccc3OC2C(N2CCC3CNCC32)=N1. The van der Waals surface area contributed by atoms with Gasteiger partial charge >= 0.3 is 0 Å². The molecule has 7 heteroatoms. The number of rotatable bonds is 0. The van der Waals surface area contributed by atoms with Crippen molar-refractivity contribution >= 4 is 23.4 Å². The summed E-state index contributed by atoms with van der Waals surface area (Å²) in [6.07, 6.45) is 0.985. The maximum Gasteiger partial charge on any atom is 0.217 e. The van der Waals surface area contributed by atoms with E-state index in [1.54, 1.807) is 0 Å². The number of benzene rings is 1. The lowest BCUT2D eigenvalue weighted by Gasteiger charge is -2.33. The Morgan fingerprint density at radius 1 is 1.35 bits per heavy atom. The molecule has 0 aromatic heterocycles. The number of hydrogen-bond acceptors (Lipinski definition) is 6. The molecule has 23 heavy (non-hydrogen) atoms. The number of hydrogen-bond donors (Lipinski definition) is 2. The summed E-state index contributed by atoms with van der Waals surface area (Å²) in [6, 6.07) is 6.00. The lowest BCUT2D eigenvalue weighted by molar-refractivity contribution is 0.241. The van der Waals surface area contributed by atoms with Gasteiger partial charge in [-0.25, -0.2) is 4.99 Å². The van der Waals surface area contributed by atoms with Crippen molar-refractivity contribution in [1.29, 1.82) is 0 Å². The summed E-state index contributed by atoms with van der Waals surface area (Å²) in [7, 11) is 0. The summed E-state index contributed by atoms with van der Waals surface area (Å²) >= 11 is 6.14. The predicted molar refractivity (Wildman–Crippen MR) is 89.1 cm³/mol. The molecule has 0 amide bonds. The van der Waals surface area contributed by atoms with E-state index in [1.165, 1.54) is 6.42 Å². The topological polar surface area (TPSA) is 75.2 Å². The number of fused-ring (bicyclic) bond motifs is 4. The molecule has 1 aromatic rings. The zero-order valence-corrected chi connectivity index (χ0v) is 13.3. The Morgan fingerprint density at radius 3 is 3.17 bits per heavy atom. The number of aliphatic imine (C=N–C) groups is 2. The molecule has 0 bridgehead atoms. The van der Waals surface area contributed by atoms with E-state index < -0.39 is 0 Å². The van der Waals surface area contributed by atoms with Gasteiger partial charge in [0.15, 0.2) is 11.9 Å². The Labute approximate surface area is 139 Å². The molecule has 120 valence electrons. The highest BCUT2D eigenvalue weighted by Gasteiger charge is 2.47. The third-order valence-corrected chi connectivity index (χ3v) is 5.56. The Balaban J connectivity index is 1.53. The first-order valence-corrected chi connectivity index (χ1v) is 8.44. The lowest BCUT2D eigenvalue weighted by atomic mass is 10.0. The van der Waals surface area contributed by atoms with Gasteiger partial charge in [-0.15, -0.1) is 0 Å². The molecule has 4 aliphatic heterocycles. The molecule has 0 spiro atoms. The Bertz CT molecular complexity index is 733. The van der Waals surface area contributed by atoms with Crippen LogP contribution < -0.4 is 15.8 Å². The van der Waals surface area contributed by atoms with E-state index in [2.05, 4.69) is 20.2 Å². The van der Waals surface area contributed by atoms with Crippen molar-refractivity contribution in [2.45, 2.75) is 24.6 Å². The van der Waals surface area contributed by atoms with Crippen LogP contribution in [0.1, 0.15) is 18.0 Å². The summed E-state index contributed by atoms with van der Waals surface area (Å²) in [4.78, 5) is 11.4. The second-order valence-corrected chi connectivity index (χ2v) is 7.03. The van der Waals surface area contributed by atoms with Crippen molar-refractivity contribution in [2.24, 2.45) is 21.6 Å². The zero-order chi connectivity index (χ0) is 15.6. The van der Waals surface area contributed by atoms with Crippen molar-refractivity contribution in [1.82, 2.24) is 10.2 Å². The van der Waals surface area contributed by atoms with Crippen molar-refractivity contribution in [3.05, 3.63) is 28.8 Å². The van der Waals surface area contributed by atoms with Gasteiger partial charge < -0.3 is 20.7 Å². The number of nitrogens with one attached hydrogen (secondary N) is 1. The molecule has 0 aliphatic carbocycles. The molecule has 2 saturated heterocycles. The quantitative estimate of drug-likeness (QED) is 0.748. The zero-order valence-electron chi connectivity index (χ0n) is 12.6. The molecule has 3 N–H and O–H groups in total. The maximum atomic E-state index is 6.17. The summed E-state index contributed by atoms with van der Waals surface area (Å²) in [6.45, 7) is 3.09. The number of nitrogens with two attached hydrogens (primary N) is 1. The van der Waals surface area contributed by atoms with Crippen LogP contribution in [0.2, 0.25) is 5.02 Å². The van der Waals surface area contributed by atoms with Crippen LogP contribution in [0.15, 0.2) is 28.2 Å². The van der Waals surface area contributed by atoms with Crippen molar-refractivity contribution in [3.8, 4) is 5.75 Å². The Hall–Kier alpha value is -1.79. The van der Waals surface area contributed by atoms with Crippen LogP contribution in [-0.4, -0.2) is 48.5 Å². The first-order valence-electron chi connectivity index (χ1n) is 8.06. The Kier molecular flexibility index (Phi) is 2.87. The van der Waals surface area contributed by atoms with E-state index in [-0.39, 0.29) is 12.1 Å². The van der Waals surface area contributed by atoms with Gasteiger partial charge in [0.1, 0.15) is 11.8 Å². The normalized spacial score (nSPS) is 34.4. The highest BCUT2D eigenvalue weighted by Crippen LogP contribution is 2.43. The molecule has 4 atom stereocenters. The Morgan fingerprint density at radius 2 is 2.26 bits per heavy atom. The third-order valence-electron chi connectivity index (χ3n) is 5.33. The van der Waals surface area contributed by atoms with Crippen LogP contribution in [0.5, 0.6) is 5.75 Å². The molecule has 2 fully saturated rings. The monoisotopic (exact) mass is 331 g/mol. The van der Waals surface area contributed by atoms with Gasteiger partial charge in [-0.1, -0.05) is 11.6 Å². The molecule has 4 aliphatic rings. The van der Waals surface area contributed by atoms with Gasteiger partial charge in [0.05, 0.1) is 0 Å². The second-order valence-electron chi connectivity index (χ2n) is 6.59. The van der Waals surface area contributed by atoms with Crippen LogP contribution in [0.4, 0.5) is 0 Å². The fourth-order valence-electron chi connectivity index (χ4n) is 4.27. The van der Waals surface area contributed by atoms with E-state index in [9.17, 15) is 0 Å². The molecular weight excluding hydrogens is 314 g/mol. The van der Waals surface area contributed by atoms with Crippen LogP contribution in [0.25, 0.3) is 0 Å². The van der Waals surface area contributed by atoms with Gasteiger partial charge in [0.2, 0.25) is 5.96 Å². The minimum absolute atomic E-state index is 0.149. The standard InChI is InChI=1S/C16H18ClN5O/c17-9-1-2-12-10(5-9)13-14(23-12)15(21-16(18)20-13)22-4-3-8-6-19-7-11(8)22/h1-2,5,8,11,13-14,19H,3-4,6-7H2,(H2,18,20). The molecule has 1 aromatic carbocycles. The largest absolute Gasteiger partial charge is 0.479 e. The van der Waals surface area contributed by atoms with Crippen molar-refractivity contribution in [2.75, 3.05) is 19.6 Å². The van der Waals surface area contributed by atoms with E-state index >= 15 is 0 Å². The highest BCUT2D eigenvalue weighted by atomic mass is 35.5. The van der Waals surface area contributed by atoms with E-state index in [4.69, 9.17) is 22.1 Å². The number of likely N-dealkylation sites (tertiary alicyclic amines) is 1. The average Bonchev–Trinajstić information content (AvgIpc) is 3.20. The summed E-state index contributed by atoms with van der Waals surface area (Å²) in [5.41, 5.74) is 7.01. The molecular formula is C16H18ClN5O.